The maximum absolute atomic E-state index is 13.5. The second-order valence-corrected chi connectivity index (χ2v) is 2.88. The van der Waals surface area contributed by atoms with E-state index in [9.17, 15) is 4.39 Å². The van der Waals surface area contributed by atoms with Crippen molar-refractivity contribution in [3.8, 4) is 11.5 Å². The topological polar surface area (TPSA) is 44.5 Å². The molecule has 0 aromatic heterocycles. The zero-order valence-electron chi connectivity index (χ0n) is 8.79. The number of rotatable bonds is 4. The second kappa shape index (κ2) is 5.36. The number of benzene rings is 1. The molecular formula is C11H14FNO2. The first kappa shape index (κ1) is 11.5. The van der Waals surface area contributed by atoms with Gasteiger partial charge in [-0.2, -0.15) is 0 Å². The molecule has 0 atom stereocenters. The van der Waals surface area contributed by atoms with Crippen molar-refractivity contribution in [2.75, 3.05) is 20.8 Å². The van der Waals surface area contributed by atoms with Crippen LogP contribution in [-0.2, 0) is 0 Å². The van der Waals surface area contributed by atoms with E-state index in [1.54, 1.807) is 18.2 Å². The molecule has 4 heteroatoms. The Bertz CT molecular complexity index is 364. The minimum absolute atomic E-state index is 0.113. The lowest BCUT2D eigenvalue weighted by Gasteiger charge is -2.09. The van der Waals surface area contributed by atoms with E-state index in [1.165, 1.54) is 20.3 Å². The SMILES string of the molecule is COc1cc(/C=C/CN)cc(F)c1OC. The Labute approximate surface area is 88.3 Å². The first-order chi connectivity index (χ1) is 7.22. The van der Waals surface area contributed by atoms with Crippen LogP contribution in [0.15, 0.2) is 18.2 Å². The number of methoxy groups -OCH3 is 2. The molecule has 0 saturated heterocycles. The summed E-state index contributed by atoms with van der Waals surface area (Å²) in [5.41, 5.74) is 5.99. The monoisotopic (exact) mass is 211 g/mol. The normalized spacial score (nSPS) is 10.7. The van der Waals surface area contributed by atoms with E-state index in [1.807, 2.05) is 0 Å². The lowest BCUT2D eigenvalue weighted by atomic mass is 10.1. The Hall–Kier alpha value is -1.55. The largest absolute Gasteiger partial charge is 0.493 e. The van der Waals surface area contributed by atoms with Gasteiger partial charge in [0.1, 0.15) is 0 Å². The smallest absolute Gasteiger partial charge is 0.196 e. The summed E-state index contributed by atoms with van der Waals surface area (Å²) in [6.07, 6.45) is 3.46. The lowest BCUT2D eigenvalue weighted by molar-refractivity contribution is 0.337. The first-order valence-corrected chi connectivity index (χ1v) is 4.51. The molecule has 0 aliphatic carbocycles. The van der Waals surface area contributed by atoms with Crippen LogP contribution in [0.5, 0.6) is 11.5 Å². The molecule has 0 saturated carbocycles. The van der Waals surface area contributed by atoms with Gasteiger partial charge in [0.25, 0.3) is 0 Å². The fourth-order valence-corrected chi connectivity index (χ4v) is 1.24. The van der Waals surface area contributed by atoms with E-state index < -0.39 is 5.82 Å². The van der Waals surface area contributed by atoms with E-state index in [-0.39, 0.29) is 5.75 Å². The zero-order chi connectivity index (χ0) is 11.3. The maximum Gasteiger partial charge on any atom is 0.196 e. The van der Waals surface area contributed by atoms with Crippen molar-refractivity contribution in [3.05, 3.63) is 29.6 Å². The second-order valence-electron chi connectivity index (χ2n) is 2.88. The van der Waals surface area contributed by atoms with Crippen LogP contribution in [0, 0.1) is 5.82 Å². The molecule has 0 radical (unpaired) electrons. The summed E-state index contributed by atoms with van der Waals surface area (Å²) < 4.78 is 23.3. The molecule has 0 amide bonds. The van der Waals surface area contributed by atoms with Crippen LogP contribution in [0.2, 0.25) is 0 Å². The molecule has 0 fully saturated rings. The van der Waals surface area contributed by atoms with Gasteiger partial charge in [-0.1, -0.05) is 12.2 Å². The lowest BCUT2D eigenvalue weighted by Crippen LogP contribution is -1.95. The third kappa shape index (κ3) is 2.70. The van der Waals surface area contributed by atoms with Gasteiger partial charge in [0.05, 0.1) is 14.2 Å². The van der Waals surface area contributed by atoms with Crippen molar-refractivity contribution in [1.82, 2.24) is 0 Å². The van der Waals surface area contributed by atoms with Crippen LogP contribution in [0.3, 0.4) is 0 Å². The van der Waals surface area contributed by atoms with Crippen molar-refractivity contribution < 1.29 is 13.9 Å². The number of halogens is 1. The molecule has 1 rings (SSSR count). The highest BCUT2D eigenvalue weighted by molar-refractivity contribution is 5.56. The van der Waals surface area contributed by atoms with Crippen molar-refractivity contribution in [3.63, 3.8) is 0 Å². The molecule has 0 aliphatic rings. The minimum atomic E-state index is -0.450. The number of hydrogen-bond acceptors (Lipinski definition) is 3. The maximum atomic E-state index is 13.5. The highest BCUT2D eigenvalue weighted by Crippen LogP contribution is 2.31. The Morgan fingerprint density at radius 1 is 1.33 bits per heavy atom. The quantitative estimate of drug-likeness (QED) is 0.826. The zero-order valence-corrected chi connectivity index (χ0v) is 8.79. The highest BCUT2D eigenvalue weighted by Gasteiger charge is 2.10. The van der Waals surface area contributed by atoms with Gasteiger partial charge in [0.2, 0.25) is 0 Å². The molecule has 15 heavy (non-hydrogen) atoms. The van der Waals surface area contributed by atoms with Gasteiger partial charge in [0.15, 0.2) is 17.3 Å². The van der Waals surface area contributed by atoms with Gasteiger partial charge in [-0.3, -0.25) is 0 Å². The van der Waals surface area contributed by atoms with Crippen LogP contribution < -0.4 is 15.2 Å². The van der Waals surface area contributed by atoms with Crippen LogP contribution in [0.4, 0.5) is 4.39 Å². The Morgan fingerprint density at radius 3 is 2.60 bits per heavy atom. The number of hydrogen-bond donors (Lipinski definition) is 1. The van der Waals surface area contributed by atoms with Gasteiger partial charge < -0.3 is 15.2 Å². The molecule has 82 valence electrons. The number of ether oxygens (including phenoxy) is 2. The van der Waals surface area contributed by atoms with E-state index in [4.69, 9.17) is 15.2 Å². The molecule has 3 nitrogen and oxygen atoms in total. The summed E-state index contributed by atoms with van der Waals surface area (Å²) in [5, 5.41) is 0. The van der Waals surface area contributed by atoms with Crippen LogP contribution in [0.25, 0.3) is 6.08 Å². The highest BCUT2D eigenvalue weighted by atomic mass is 19.1. The summed E-state index contributed by atoms with van der Waals surface area (Å²) in [6.45, 7) is 0.413. The van der Waals surface area contributed by atoms with Crippen molar-refractivity contribution >= 4 is 6.08 Å². The molecule has 1 aromatic carbocycles. The molecule has 0 heterocycles. The van der Waals surface area contributed by atoms with Crippen LogP contribution in [0.1, 0.15) is 5.56 Å². The fourth-order valence-electron chi connectivity index (χ4n) is 1.24. The van der Waals surface area contributed by atoms with Crippen molar-refractivity contribution in [2.45, 2.75) is 0 Å². The standard InChI is InChI=1S/C11H14FNO2/c1-14-10-7-8(4-3-5-13)6-9(12)11(10)15-2/h3-4,6-7H,5,13H2,1-2H3/b4-3+. The van der Waals surface area contributed by atoms with E-state index in [0.29, 0.717) is 17.9 Å². The van der Waals surface area contributed by atoms with Crippen molar-refractivity contribution in [1.29, 1.82) is 0 Å². The predicted molar refractivity (Wildman–Crippen MR) is 57.6 cm³/mol. The molecule has 0 unspecified atom stereocenters. The summed E-state index contributed by atoms with van der Waals surface area (Å²) in [5.74, 6) is 0.0325. The number of nitrogens with two attached hydrogens (primary N) is 1. The van der Waals surface area contributed by atoms with E-state index >= 15 is 0 Å². The first-order valence-electron chi connectivity index (χ1n) is 4.51. The molecule has 2 N–H and O–H groups in total. The summed E-state index contributed by atoms with van der Waals surface area (Å²) in [7, 11) is 2.87. The van der Waals surface area contributed by atoms with Gasteiger partial charge in [-0.15, -0.1) is 0 Å². The van der Waals surface area contributed by atoms with Gasteiger partial charge >= 0.3 is 0 Å². The fraction of sp³-hybridized carbons (Fsp3) is 0.273. The Balaban J connectivity index is 3.13. The van der Waals surface area contributed by atoms with Crippen LogP contribution in [-0.4, -0.2) is 20.8 Å². The van der Waals surface area contributed by atoms with Gasteiger partial charge in [0, 0.05) is 6.54 Å². The third-order valence-corrected chi connectivity index (χ3v) is 1.90. The van der Waals surface area contributed by atoms with Gasteiger partial charge in [-0.25, -0.2) is 4.39 Å². The molecule has 1 aromatic rings. The third-order valence-electron chi connectivity index (χ3n) is 1.90. The van der Waals surface area contributed by atoms with E-state index in [2.05, 4.69) is 0 Å². The minimum Gasteiger partial charge on any atom is -0.493 e. The Morgan fingerprint density at radius 2 is 2.07 bits per heavy atom. The summed E-state index contributed by atoms with van der Waals surface area (Å²) in [4.78, 5) is 0. The average Bonchev–Trinajstić information content (AvgIpc) is 2.25. The average molecular weight is 211 g/mol. The van der Waals surface area contributed by atoms with Gasteiger partial charge in [-0.05, 0) is 17.7 Å². The molecular weight excluding hydrogens is 197 g/mol. The molecule has 0 aliphatic heterocycles. The predicted octanol–water partition coefficient (Wildman–Crippen LogP) is 1.81. The molecule has 0 spiro atoms. The summed E-state index contributed by atoms with van der Waals surface area (Å²) in [6, 6.07) is 3.06. The summed E-state index contributed by atoms with van der Waals surface area (Å²) >= 11 is 0. The van der Waals surface area contributed by atoms with Crippen LogP contribution >= 0.6 is 0 Å². The van der Waals surface area contributed by atoms with E-state index in [0.717, 1.165) is 0 Å². The Kier molecular flexibility index (Phi) is 4.12. The van der Waals surface area contributed by atoms with Crippen molar-refractivity contribution in [2.24, 2.45) is 5.73 Å². The molecule has 0 bridgehead atoms.